The van der Waals surface area contributed by atoms with E-state index in [-0.39, 0.29) is 13.2 Å². The van der Waals surface area contributed by atoms with Crippen molar-refractivity contribution in [2.45, 2.75) is 64.6 Å². The van der Waals surface area contributed by atoms with Gasteiger partial charge in [0.25, 0.3) is 0 Å². The monoisotopic (exact) mass is 707 g/mol. The average Bonchev–Trinajstić information content (AvgIpc) is 3.02. The van der Waals surface area contributed by atoms with Crippen molar-refractivity contribution >= 4 is 68.1 Å². The van der Waals surface area contributed by atoms with Crippen LogP contribution < -0.4 is 11.1 Å². The molecule has 0 amide bonds. The van der Waals surface area contributed by atoms with Gasteiger partial charge in [-0.15, -0.1) is 0 Å². The van der Waals surface area contributed by atoms with Crippen LogP contribution in [0.4, 0.5) is 17.1 Å². The molecule has 1 unspecified atom stereocenters. The maximum Gasteiger partial charge on any atom is 0.338 e. The Morgan fingerprint density at radius 3 is 2.27 bits per heavy atom. The van der Waals surface area contributed by atoms with E-state index in [1.165, 1.54) is 39.0 Å². The van der Waals surface area contributed by atoms with Crippen LogP contribution in [0.5, 0.6) is 0 Å². The Bertz CT molecular complexity index is 1350. The highest BCUT2D eigenvalue weighted by Gasteiger charge is 2.22. The molecule has 1 aliphatic carbocycles. The first-order chi connectivity index (χ1) is 21.1. The second-order valence-electron chi connectivity index (χ2n) is 10.5. The molecule has 0 heterocycles. The van der Waals surface area contributed by atoms with E-state index < -0.39 is 18.0 Å². The predicted octanol–water partition coefficient (Wildman–Crippen LogP) is 8.00. The molecule has 1 atom stereocenters. The van der Waals surface area contributed by atoms with Crippen molar-refractivity contribution in [2.75, 3.05) is 30.8 Å². The maximum absolute atomic E-state index is 12.4. The molecule has 238 valence electrons. The van der Waals surface area contributed by atoms with Crippen molar-refractivity contribution in [2.24, 2.45) is 0 Å². The Morgan fingerprint density at radius 2 is 1.66 bits per heavy atom. The molecule has 0 radical (unpaired) electrons. The molecule has 1 saturated carbocycles. The number of aliphatic hydroxyl groups excluding tert-OH is 1. The van der Waals surface area contributed by atoms with E-state index in [9.17, 15) is 14.7 Å². The third-order valence-electron chi connectivity index (χ3n) is 7.21. The third-order valence-corrected chi connectivity index (χ3v) is 8.50. The van der Waals surface area contributed by atoms with Gasteiger partial charge in [0.15, 0.2) is 0 Å². The van der Waals surface area contributed by atoms with Gasteiger partial charge < -0.3 is 25.6 Å². The zero-order valence-electron chi connectivity index (χ0n) is 25.0. The Balaban J connectivity index is 0.000000293. The molecule has 3 aromatic rings. The van der Waals surface area contributed by atoms with Crippen LogP contribution >= 0.6 is 39.1 Å². The van der Waals surface area contributed by atoms with Gasteiger partial charge in [0.1, 0.15) is 19.3 Å². The van der Waals surface area contributed by atoms with Gasteiger partial charge in [0.05, 0.1) is 27.0 Å². The minimum absolute atomic E-state index is 0.216. The van der Waals surface area contributed by atoms with Gasteiger partial charge in [-0.1, -0.05) is 73.7 Å². The molecule has 0 saturated heterocycles. The predicted molar refractivity (Wildman–Crippen MR) is 181 cm³/mol. The molecule has 1 aliphatic rings. The van der Waals surface area contributed by atoms with Gasteiger partial charge in [-0.05, 0) is 77.3 Å². The van der Waals surface area contributed by atoms with Crippen molar-refractivity contribution in [3.8, 4) is 0 Å². The highest BCUT2D eigenvalue weighted by atomic mass is 79.9. The summed E-state index contributed by atoms with van der Waals surface area (Å²) in [7, 11) is 0. The second-order valence-corrected chi connectivity index (χ2v) is 12.2. The van der Waals surface area contributed by atoms with Gasteiger partial charge in [0, 0.05) is 29.7 Å². The molecule has 0 bridgehead atoms. The van der Waals surface area contributed by atoms with Crippen molar-refractivity contribution in [1.82, 2.24) is 4.90 Å². The first-order valence-corrected chi connectivity index (χ1v) is 16.2. The molecule has 0 aliphatic heterocycles. The first kappa shape index (κ1) is 35.7. The fourth-order valence-corrected chi connectivity index (χ4v) is 5.88. The Labute approximate surface area is 277 Å². The molecular formula is C33H40BrCl2N3O5. The lowest BCUT2D eigenvalue weighted by Gasteiger charge is -2.34. The number of rotatable bonds is 11. The topological polar surface area (TPSA) is 114 Å². The van der Waals surface area contributed by atoms with Crippen LogP contribution in [-0.4, -0.2) is 53.8 Å². The van der Waals surface area contributed by atoms with Gasteiger partial charge >= 0.3 is 11.9 Å². The Morgan fingerprint density at radius 1 is 1.02 bits per heavy atom. The first-order valence-electron chi connectivity index (χ1n) is 14.7. The minimum atomic E-state index is -1.07. The van der Waals surface area contributed by atoms with Crippen LogP contribution in [0.25, 0.3) is 0 Å². The van der Waals surface area contributed by atoms with Crippen LogP contribution in [0.2, 0.25) is 10.0 Å². The number of anilines is 3. The molecule has 0 aromatic heterocycles. The fourth-order valence-electron chi connectivity index (χ4n) is 4.89. The number of nitrogens with zero attached hydrogens (tertiary/aromatic N) is 1. The standard InChI is InChI=1S/C21H31BrN2O5.C12H9Cl2N/c1-3-24(17-7-5-4-6-8-17)11-16-9-15(10-19(22)20(16)23)21(27)29-13-18(26)12-28-14(2)25;13-10-7-4-8-11(14)12(10)15-9-5-2-1-3-6-9/h9-10,17-18,26H,3-8,11-13,23H2,1-2H3;1-8,15H. The van der Waals surface area contributed by atoms with E-state index in [4.69, 9.17) is 38.4 Å². The summed E-state index contributed by atoms with van der Waals surface area (Å²) in [5, 5.41) is 14.2. The lowest BCUT2D eigenvalue weighted by molar-refractivity contribution is -0.144. The minimum Gasteiger partial charge on any atom is -0.463 e. The van der Waals surface area contributed by atoms with E-state index in [2.05, 4.69) is 33.1 Å². The SMILES string of the molecule is CCN(Cc1cc(C(=O)OCC(O)COC(C)=O)cc(Br)c1N)C1CCCCC1.Clc1cccc(Cl)c1Nc1ccccc1. The summed E-state index contributed by atoms with van der Waals surface area (Å²) in [6, 6.07) is 19.1. The van der Waals surface area contributed by atoms with Crippen molar-refractivity contribution in [1.29, 1.82) is 0 Å². The summed E-state index contributed by atoms with van der Waals surface area (Å²) < 4.78 is 10.5. The van der Waals surface area contributed by atoms with Gasteiger partial charge in [0.2, 0.25) is 0 Å². The van der Waals surface area contributed by atoms with Crippen LogP contribution in [0.15, 0.2) is 65.1 Å². The largest absolute Gasteiger partial charge is 0.463 e. The van der Waals surface area contributed by atoms with Crippen molar-refractivity contribution in [3.05, 3.63) is 86.3 Å². The maximum atomic E-state index is 12.4. The third kappa shape index (κ3) is 11.3. The van der Waals surface area contributed by atoms with E-state index in [1.54, 1.807) is 24.3 Å². The number of carbonyl (C=O) groups is 2. The summed E-state index contributed by atoms with van der Waals surface area (Å²) in [6.45, 7) is 4.50. The number of aliphatic hydroxyl groups is 1. The van der Waals surface area contributed by atoms with Gasteiger partial charge in [-0.3, -0.25) is 9.69 Å². The summed E-state index contributed by atoms with van der Waals surface area (Å²) in [6.07, 6.45) is 5.12. The molecule has 11 heteroatoms. The van der Waals surface area contributed by atoms with Crippen LogP contribution in [0.3, 0.4) is 0 Å². The number of nitrogens with one attached hydrogen (secondary N) is 1. The zero-order chi connectivity index (χ0) is 32.1. The van der Waals surface area contributed by atoms with E-state index in [0.29, 0.717) is 38.4 Å². The van der Waals surface area contributed by atoms with Crippen LogP contribution in [0.1, 0.15) is 61.9 Å². The number of halogens is 3. The highest BCUT2D eigenvalue weighted by Crippen LogP contribution is 2.32. The number of nitrogen functional groups attached to an aromatic ring is 1. The van der Waals surface area contributed by atoms with E-state index >= 15 is 0 Å². The fraction of sp³-hybridized carbons (Fsp3) is 0.394. The Kier molecular flexibility index (Phi) is 14.8. The molecular weight excluding hydrogens is 669 g/mol. The number of ether oxygens (including phenoxy) is 2. The molecule has 3 aromatic carbocycles. The number of nitrogens with two attached hydrogens (primary N) is 1. The number of para-hydroxylation sites is 2. The highest BCUT2D eigenvalue weighted by molar-refractivity contribution is 9.10. The van der Waals surface area contributed by atoms with E-state index in [0.717, 1.165) is 23.5 Å². The zero-order valence-corrected chi connectivity index (χ0v) is 28.1. The molecule has 44 heavy (non-hydrogen) atoms. The van der Waals surface area contributed by atoms with Crippen molar-refractivity contribution < 1.29 is 24.2 Å². The summed E-state index contributed by atoms with van der Waals surface area (Å²) in [5.74, 6) is -1.06. The molecule has 4 rings (SSSR count). The average molecular weight is 710 g/mol. The van der Waals surface area contributed by atoms with Crippen LogP contribution in [-0.2, 0) is 20.8 Å². The number of benzene rings is 3. The number of carbonyl (C=O) groups excluding carboxylic acids is 2. The van der Waals surface area contributed by atoms with Gasteiger partial charge in [-0.2, -0.15) is 0 Å². The smallest absolute Gasteiger partial charge is 0.338 e. The van der Waals surface area contributed by atoms with Crippen LogP contribution in [0, 0.1) is 0 Å². The molecule has 8 nitrogen and oxygen atoms in total. The summed E-state index contributed by atoms with van der Waals surface area (Å²) in [4.78, 5) is 25.6. The number of hydrogen-bond donors (Lipinski definition) is 3. The summed E-state index contributed by atoms with van der Waals surface area (Å²) >= 11 is 15.5. The molecule has 0 spiro atoms. The normalized spacial score (nSPS) is 13.9. The Hall–Kier alpha value is -2.82. The van der Waals surface area contributed by atoms with Crippen molar-refractivity contribution in [3.63, 3.8) is 0 Å². The lowest BCUT2D eigenvalue weighted by Crippen LogP contribution is -2.36. The van der Waals surface area contributed by atoms with Gasteiger partial charge in [-0.25, -0.2) is 4.79 Å². The lowest BCUT2D eigenvalue weighted by atomic mass is 9.93. The summed E-state index contributed by atoms with van der Waals surface area (Å²) in [5.41, 5.74) is 9.82. The second kappa shape index (κ2) is 18.2. The molecule has 4 N–H and O–H groups in total. The molecule has 1 fully saturated rings. The van der Waals surface area contributed by atoms with E-state index in [1.807, 2.05) is 36.4 Å². The quantitative estimate of drug-likeness (QED) is 0.136. The number of hydrogen-bond acceptors (Lipinski definition) is 8. The number of esters is 2.